The summed E-state index contributed by atoms with van der Waals surface area (Å²) in [5, 5.41) is 0. The Hall–Kier alpha value is -1.03. The number of thioether (sulfide) groups is 1. The van der Waals surface area contributed by atoms with Crippen LogP contribution in [0.4, 0.5) is 4.39 Å². The number of carbonyl (C=O) groups is 1. The molecule has 0 spiro atoms. The third kappa shape index (κ3) is 4.38. The van der Waals surface area contributed by atoms with Crippen molar-refractivity contribution in [3.8, 4) is 0 Å². The number of carbonyl (C=O) groups excluding carboxylic acids is 1. The molecule has 0 heterocycles. The van der Waals surface area contributed by atoms with E-state index in [1.54, 1.807) is 30.1 Å². The van der Waals surface area contributed by atoms with Crippen LogP contribution in [-0.2, 0) is 4.79 Å². The fourth-order valence-corrected chi connectivity index (χ4v) is 2.15. The van der Waals surface area contributed by atoms with E-state index in [9.17, 15) is 9.18 Å². The van der Waals surface area contributed by atoms with Crippen molar-refractivity contribution in [2.45, 2.75) is 31.2 Å². The van der Waals surface area contributed by atoms with Crippen LogP contribution in [0.1, 0.15) is 20.3 Å². The first-order chi connectivity index (χ1) is 8.02. The summed E-state index contributed by atoms with van der Waals surface area (Å²) in [7, 11) is 1.79. The second kappa shape index (κ2) is 6.64. The Balaban J connectivity index is 2.38. The highest BCUT2D eigenvalue weighted by Crippen LogP contribution is 2.21. The molecule has 0 unspecified atom stereocenters. The highest BCUT2D eigenvalue weighted by Gasteiger charge is 2.11. The van der Waals surface area contributed by atoms with E-state index in [0.29, 0.717) is 17.1 Å². The van der Waals surface area contributed by atoms with Crippen LogP contribution in [-0.4, -0.2) is 29.6 Å². The van der Waals surface area contributed by atoms with Crippen molar-refractivity contribution in [1.82, 2.24) is 4.90 Å². The van der Waals surface area contributed by atoms with Crippen LogP contribution in [0.3, 0.4) is 0 Å². The van der Waals surface area contributed by atoms with Crippen LogP contribution in [0.5, 0.6) is 0 Å². The maximum Gasteiger partial charge on any atom is 0.223 e. The maximum atomic E-state index is 13.3. The molecule has 17 heavy (non-hydrogen) atoms. The van der Waals surface area contributed by atoms with E-state index in [1.165, 1.54) is 17.8 Å². The second-order valence-corrected chi connectivity index (χ2v) is 5.26. The molecule has 2 nitrogen and oxygen atoms in total. The average molecular weight is 255 g/mol. The van der Waals surface area contributed by atoms with Crippen molar-refractivity contribution in [2.24, 2.45) is 0 Å². The standard InChI is InChI=1S/C13H18FNOS/c1-10(2)15(3)13(16)8-9-17-12-7-5-4-6-11(12)14/h4-7,10H,8-9H2,1-3H3. The molecule has 1 rings (SSSR count). The van der Waals surface area contributed by atoms with Gasteiger partial charge in [-0.3, -0.25) is 4.79 Å². The molecular weight excluding hydrogens is 237 g/mol. The lowest BCUT2D eigenvalue weighted by molar-refractivity contribution is -0.130. The molecule has 0 radical (unpaired) electrons. The van der Waals surface area contributed by atoms with Crippen molar-refractivity contribution in [3.05, 3.63) is 30.1 Å². The Kier molecular flexibility index (Phi) is 5.48. The molecule has 1 aromatic rings. The molecule has 0 atom stereocenters. The van der Waals surface area contributed by atoms with Gasteiger partial charge in [0.25, 0.3) is 0 Å². The highest BCUT2D eigenvalue weighted by molar-refractivity contribution is 7.99. The fraction of sp³-hybridized carbons (Fsp3) is 0.462. The largest absolute Gasteiger partial charge is 0.343 e. The van der Waals surface area contributed by atoms with Crippen LogP contribution in [0.25, 0.3) is 0 Å². The predicted octanol–water partition coefficient (Wildman–Crippen LogP) is 3.17. The minimum Gasteiger partial charge on any atom is -0.343 e. The first-order valence-corrected chi connectivity index (χ1v) is 6.64. The lowest BCUT2D eigenvalue weighted by Gasteiger charge is -2.21. The van der Waals surface area contributed by atoms with Crippen LogP contribution in [0.2, 0.25) is 0 Å². The van der Waals surface area contributed by atoms with E-state index in [4.69, 9.17) is 0 Å². The van der Waals surface area contributed by atoms with E-state index in [0.717, 1.165) is 0 Å². The molecule has 0 aliphatic rings. The van der Waals surface area contributed by atoms with Crippen LogP contribution in [0.15, 0.2) is 29.2 Å². The van der Waals surface area contributed by atoms with E-state index in [-0.39, 0.29) is 17.8 Å². The second-order valence-electron chi connectivity index (χ2n) is 4.13. The molecule has 0 N–H and O–H groups in total. The predicted molar refractivity (Wildman–Crippen MR) is 69.6 cm³/mol. The summed E-state index contributed by atoms with van der Waals surface area (Å²) >= 11 is 1.38. The third-order valence-electron chi connectivity index (χ3n) is 2.58. The van der Waals surface area contributed by atoms with Gasteiger partial charge in [-0.1, -0.05) is 12.1 Å². The average Bonchev–Trinajstić information content (AvgIpc) is 2.30. The number of benzene rings is 1. The zero-order valence-corrected chi connectivity index (χ0v) is 11.3. The van der Waals surface area contributed by atoms with Crippen molar-refractivity contribution < 1.29 is 9.18 Å². The van der Waals surface area contributed by atoms with Gasteiger partial charge in [-0.25, -0.2) is 4.39 Å². The van der Waals surface area contributed by atoms with Gasteiger partial charge in [-0.15, -0.1) is 11.8 Å². The Morgan fingerprint density at radius 2 is 2.06 bits per heavy atom. The minimum atomic E-state index is -0.220. The molecule has 0 fully saturated rings. The SMILES string of the molecule is CC(C)N(C)C(=O)CCSc1ccccc1F. The normalized spacial score (nSPS) is 10.6. The molecule has 0 aliphatic carbocycles. The van der Waals surface area contributed by atoms with Gasteiger partial charge < -0.3 is 4.90 Å². The molecule has 0 aliphatic heterocycles. The van der Waals surface area contributed by atoms with Crippen molar-refractivity contribution >= 4 is 17.7 Å². The monoisotopic (exact) mass is 255 g/mol. The molecule has 1 amide bonds. The van der Waals surface area contributed by atoms with Crippen LogP contribution >= 0.6 is 11.8 Å². The van der Waals surface area contributed by atoms with E-state index in [2.05, 4.69) is 0 Å². The molecular formula is C13H18FNOS. The fourth-order valence-electron chi connectivity index (χ4n) is 1.27. The van der Waals surface area contributed by atoms with E-state index in [1.807, 2.05) is 13.8 Å². The molecule has 0 saturated heterocycles. The van der Waals surface area contributed by atoms with E-state index < -0.39 is 0 Å². The molecule has 0 bridgehead atoms. The smallest absolute Gasteiger partial charge is 0.223 e. The van der Waals surface area contributed by atoms with Gasteiger partial charge in [-0.05, 0) is 26.0 Å². The van der Waals surface area contributed by atoms with Gasteiger partial charge in [0, 0.05) is 30.2 Å². The summed E-state index contributed by atoms with van der Waals surface area (Å²) in [5.74, 6) is 0.489. The zero-order chi connectivity index (χ0) is 12.8. The number of amides is 1. The Labute approximate surface area is 106 Å². The van der Waals surface area contributed by atoms with Crippen LogP contribution < -0.4 is 0 Å². The molecule has 4 heteroatoms. The van der Waals surface area contributed by atoms with Crippen molar-refractivity contribution in [2.75, 3.05) is 12.8 Å². The minimum absolute atomic E-state index is 0.101. The number of hydrogen-bond acceptors (Lipinski definition) is 2. The summed E-state index contributed by atoms with van der Waals surface area (Å²) in [6.07, 6.45) is 0.438. The van der Waals surface area contributed by atoms with Crippen molar-refractivity contribution in [1.29, 1.82) is 0 Å². The van der Waals surface area contributed by atoms with E-state index >= 15 is 0 Å². The number of rotatable bonds is 5. The summed E-state index contributed by atoms with van der Waals surface area (Å²) in [6.45, 7) is 3.95. The van der Waals surface area contributed by atoms with Gasteiger partial charge in [0.15, 0.2) is 0 Å². The maximum absolute atomic E-state index is 13.3. The third-order valence-corrected chi connectivity index (χ3v) is 3.63. The molecule has 94 valence electrons. The summed E-state index contributed by atoms with van der Waals surface area (Å²) in [6, 6.07) is 6.84. The number of hydrogen-bond donors (Lipinski definition) is 0. The molecule has 1 aromatic carbocycles. The highest BCUT2D eigenvalue weighted by atomic mass is 32.2. The number of nitrogens with zero attached hydrogens (tertiary/aromatic N) is 1. The van der Waals surface area contributed by atoms with Gasteiger partial charge in [0.2, 0.25) is 5.91 Å². The first-order valence-electron chi connectivity index (χ1n) is 5.65. The lowest BCUT2D eigenvalue weighted by atomic mass is 10.3. The lowest BCUT2D eigenvalue weighted by Crippen LogP contribution is -2.33. The molecule has 0 aromatic heterocycles. The Morgan fingerprint density at radius 1 is 1.41 bits per heavy atom. The van der Waals surface area contributed by atoms with Gasteiger partial charge >= 0.3 is 0 Å². The Bertz CT molecular complexity index is 381. The summed E-state index contributed by atoms with van der Waals surface area (Å²) in [5.41, 5.74) is 0. The number of halogens is 1. The van der Waals surface area contributed by atoms with Crippen LogP contribution in [0, 0.1) is 5.82 Å². The first kappa shape index (κ1) is 14.0. The summed E-state index contributed by atoms with van der Waals surface area (Å²) in [4.78, 5) is 14.0. The quantitative estimate of drug-likeness (QED) is 0.753. The zero-order valence-electron chi connectivity index (χ0n) is 10.4. The van der Waals surface area contributed by atoms with Crippen molar-refractivity contribution in [3.63, 3.8) is 0 Å². The Morgan fingerprint density at radius 3 is 2.65 bits per heavy atom. The topological polar surface area (TPSA) is 20.3 Å². The van der Waals surface area contributed by atoms with Gasteiger partial charge in [-0.2, -0.15) is 0 Å². The van der Waals surface area contributed by atoms with Gasteiger partial charge in [0.05, 0.1) is 0 Å². The molecule has 0 saturated carbocycles. The summed E-state index contributed by atoms with van der Waals surface area (Å²) < 4.78 is 13.3. The van der Waals surface area contributed by atoms with Gasteiger partial charge in [0.1, 0.15) is 5.82 Å².